The Morgan fingerprint density at radius 2 is 1.43 bits per heavy atom. The lowest BCUT2D eigenvalue weighted by atomic mass is 10.0. The Morgan fingerprint density at radius 1 is 0.810 bits per heavy atom. The zero-order chi connectivity index (χ0) is 29.1. The molecule has 1 amide bonds. The third-order valence-corrected chi connectivity index (χ3v) is 7.54. The number of carbonyl (C=O) groups is 1. The van der Waals surface area contributed by atoms with Crippen molar-refractivity contribution in [1.82, 2.24) is 19.8 Å². The quantitative estimate of drug-likeness (QED) is 0.182. The second kappa shape index (κ2) is 11.6. The van der Waals surface area contributed by atoms with Gasteiger partial charge in [0.1, 0.15) is 5.71 Å². The van der Waals surface area contributed by atoms with Crippen molar-refractivity contribution < 1.29 is 4.79 Å². The number of benzene rings is 4. The molecule has 0 bridgehead atoms. The molecular weight excluding hydrogens is 522 g/mol. The molecule has 0 saturated carbocycles. The maximum Gasteiger partial charge on any atom is 0.281 e. The molecule has 0 aliphatic rings. The summed E-state index contributed by atoms with van der Waals surface area (Å²) in [6.07, 6.45) is 0.153. The Kier molecular flexibility index (Phi) is 7.39. The minimum Gasteiger partial charge on any atom is -0.340 e. The lowest BCUT2D eigenvalue weighted by Crippen LogP contribution is -2.26. The van der Waals surface area contributed by atoms with Gasteiger partial charge in [0, 0.05) is 34.4 Å². The van der Waals surface area contributed by atoms with Gasteiger partial charge < -0.3 is 4.57 Å². The summed E-state index contributed by atoms with van der Waals surface area (Å²) in [5.74, 6) is -0.259. The number of aromatic nitrogens is 3. The number of nitrogens with one attached hydrogen (secondary N) is 2. The highest BCUT2D eigenvalue weighted by molar-refractivity contribution is 6.13. The third-order valence-electron chi connectivity index (χ3n) is 7.54. The molecule has 4 aromatic carbocycles. The van der Waals surface area contributed by atoms with Gasteiger partial charge in [-0.1, -0.05) is 97.1 Å². The molecule has 0 unspecified atom stereocenters. The van der Waals surface area contributed by atoms with Gasteiger partial charge in [-0.25, -0.2) is 10.1 Å². The summed E-state index contributed by atoms with van der Waals surface area (Å²) in [6, 6.07) is 37.3. The van der Waals surface area contributed by atoms with E-state index in [0.717, 1.165) is 33.4 Å². The molecule has 2 aromatic heterocycles. The van der Waals surface area contributed by atoms with Crippen LogP contribution < -0.4 is 11.0 Å². The number of nitrogens with zero attached hydrogens (tertiary/aromatic N) is 3. The van der Waals surface area contributed by atoms with Crippen LogP contribution in [-0.4, -0.2) is 26.0 Å². The number of hydrogen-bond donors (Lipinski definition) is 2. The maximum atomic E-state index is 13.6. The Balaban J connectivity index is 1.34. The molecule has 208 valence electrons. The fourth-order valence-corrected chi connectivity index (χ4v) is 5.46. The standard InChI is InChI=1S/C35H31N5O2/c1-24-33(35(42)40(38-24)28-18-10-5-11-19-28)34(27-16-8-4-9-17-27)37-36-32(41)22-30-25(2)39(23-26-14-6-3-7-15-26)31-21-13-12-20-29(30)31/h3-21,38H,22-23H2,1-2H3,(H,36,41)/b37-34-. The number of hydrogen-bond acceptors (Lipinski definition) is 3. The zero-order valence-corrected chi connectivity index (χ0v) is 23.5. The summed E-state index contributed by atoms with van der Waals surface area (Å²) in [6.45, 7) is 4.60. The summed E-state index contributed by atoms with van der Waals surface area (Å²) >= 11 is 0. The minimum absolute atomic E-state index is 0.153. The highest BCUT2D eigenvalue weighted by Crippen LogP contribution is 2.27. The lowest BCUT2D eigenvalue weighted by molar-refractivity contribution is -0.120. The van der Waals surface area contributed by atoms with E-state index in [1.54, 1.807) is 0 Å². The Bertz CT molecular complexity index is 1950. The average molecular weight is 554 g/mol. The van der Waals surface area contributed by atoms with E-state index in [4.69, 9.17) is 0 Å². The zero-order valence-electron chi connectivity index (χ0n) is 23.5. The molecule has 6 rings (SSSR count). The molecule has 0 aliphatic heterocycles. The van der Waals surface area contributed by atoms with E-state index in [2.05, 4.69) is 51.4 Å². The number of aromatic amines is 1. The molecule has 0 aliphatic carbocycles. The predicted molar refractivity (Wildman–Crippen MR) is 167 cm³/mol. The van der Waals surface area contributed by atoms with Crippen LogP contribution in [-0.2, 0) is 17.8 Å². The lowest BCUT2D eigenvalue weighted by Gasteiger charge is -2.09. The number of H-pyrrole nitrogens is 1. The van der Waals surface area contributed by atoms with Gasteiger partial charge in [-0.15, -0.1) is 0 Å². The number of amides is 1. The number of hydrazone groups is 1. The second-order valence-corrected chi connectivity index (χ2v) is 10.3. The topological polar surface area (TPSA) is 84.2 Å². The van der Waals surface area contributed by atoms with Gasteiger partial charge in [0.05, 0.1) is 17.7 Å². The monoisotopic (exact) mass is 553 g/mol. The van der Waals surface area contributed by atoms with Crippen molar-refractivity contribution in [3.8, 4) is 5.69 Å². The Morgan fingerprint density at radius 3 is 2.14 bits per heavy atom. The summed E-state index contributed by atoms with van der Waals surface area (Å²) in [5.41, 5.74) is 9.70. The molecule has 6 aromatic rings. The van der Waals surface area contributed by atoms with Crippen molar-refractivity contribution >= 4 is 22.5 Å². The van der Waals surface area contributed by atoms with Crippen molar-refractivity contribution in [2.75, 3.05) is 0 Å². The van der Waals surface area contributed by atoms with Crippen molar-refractivity contribution in [1.29, 1.82) is 0 Å². The van der Waals surface area contributed by atoms with Crippen molar-refractivity contribution in [2.24, 2.45) is 5.10 Å². The number of para-hydroxylation sites is 2. The average Bonchev–Trinajstić information content (AvgIpc) is 3.46. The summed E-state index contributed by atoms with van der Waals surface area (Å²) in [5, 5.41) is 8.76. The van der Waals surface area contributed by atoms with Crippen molar-refractivity contribution in [3.05, 3.63) is 159 Å². The Hall–Kier alpha value is -5.43. The minimum atomic E-state index is -0.259. The largest absolute Gasteiger partial charge is 0.340 e. The molecule has 0 fully saturated rings. The molecule has 0 atom stereocenters. The molecule has 0 saturated heterocycles. The summed E-state index contributed by atoms with van der Waals surface area (Å²) < 4.78 is 3.75. The van der Waals surface area contributed by atoms with Crippen LogP contribution in [0.5, 0.6) is 0 Å². The van der Waals surface area contributed by atoms with Crippen LogP contribution in [0.4, 0.5) is 0 Å². The van der Waals surface area contributed by atoms with E-state index >= 15 is 0 Å². The van der Waals surface area contributed by atoms with Gasteiger partial charge in [-0.3, -0.25) is 14.7 Å². The molecular formula is C35H31N5O2. The van der Waals surface area contributed by atoms with Crippen LogP contribution in [0.25, 0.3) is 16.6 Å². The molecule has 0 spiro atoms. The summed E-state index contributed by atoms with van der Waals surface area (Å²) in [7, 11) is 0. The van der Waals surface area contributed by atoms with Gasteiger partial charge in [0.25, 0.3) is 5.56 Å². The first kappa shape index (κ1) is 26.8. The van der Waals surface area contributed by atoms with E-state index in [0.29, 0.717) is 23.5 Å². The van der Waals surface area contributed by atoms with Crippen LogP contribution in [0.1, 0.15) is 33.6 Å². The first-order chi connectivity index (χ1) is 20.5. The van der Waals surface area contributed by atoms with E-state index in [1.807, 2.05) is 97.9 Å². The van der Waals surface area contributed by atoms with Gasteiger partial charge in [0.15, 0.2) is 0 Å². The molecule has 0 radical (unpaired) electrons. The van der Waals surface area contributed by atoms with Gasteiger partial charge >= 0.3 is 0 Å². The van der Waals surface area contributed by atoms with Gasteiger partial charge in [0.2, 0.25) is 5.91 Å². The number of carbonyl (C=O) groups excluding carboxylic acids is 1. The normalized spacial score (nSPS) is 11.6. The molecule has 7 nitrogen and oxygen atoms in total. The van der Waals surface area contributed by atoms with E-state index in [-0.39, 0.29) is 17.9 Å². The van der Waals surface area contributed by atoms with E-state index in [1.165, 1.54) is 10.2 Å². The first-order valence-corrected chi connectivity index (χ1v) is 13.9. The third kappa shape index (κ3) is 5.20. The predicted octanol–water partition coefficient (Wildman–Crippen LogP) is 5.90. The summed E-state index contributed by atoms with van der Waals surface area (Å²) in [4.78, 5) is 27.0. The number of fused-ring (bicyclic) bond motifs is 1. The highest BCUT2D eigenvalue weighted by atomic mass is 16.2. The molecule has 7 heteroatoms. The molecule has 2 heterocycles. The fraction of sp³-hybridized carbons (Fsp3) is 0.114. The number of rotatable bonds is 8. The van der Waals surface area contributed by atoms with Crippen LogP contribution in [0.15, 0.2) is 125 Å². The maximum absolute atomic E-state index is 13.6. The second-order valence-electron chi connectivity index (χ2n) is 10.3. The molecule has 42 heavy (non-hydrogen) atoms. The fourth-order valence-electron chi connectivity index (χ4n) is 5.46. The van der Waals surface area contributed by atoms with Crippen LogP contribution in [0, 0.1) is 13.8 Å². The van der Waals surface area contributed by atoms with Crippen molar-refractivity contribution in [2.45, 2.75) is 26.8 Å². The van der Waals surface area contributed by atoms with Gasteiger partial charge in [-0.05, 0) is 43.2 Å². The Labute approximate surface area is 243 Å². The van der Waals surface area contributed by atoms with Crippen LogP contribution in [0.2, 0.25) is 0 Å². The number of aryl methyl sites for hydroxylation is 1. The first-order valence-electron chi connectivity index (χ1n) is 13.9. The van der Waals surface area contributed by atoms with E-state index < -0.39 is 0 Å². The van der Waals surface area contributed by atoms with Crippen LogP contribution >= 0.6 is 0 Å². The van der Waals surface area contributed by atoms with E-state index in [9.17, 15) is 9.59 Å². The van der Waals surface area contributed by atoms with Crippen molar-refractivity contribution in [3.63, 3.8) is 0 Å². The smallest absolute Gasteiger partial charge is 0.281 e. The van der Waals surface area contributed by atoms with Gasteiger partial charge in [-0.2, -0.15) is 5.10 Å². The highest BCUT2D eigenvalue weighted by Gasteiger charge is 2.21. The molecule has 2 N–H and O–H groups in total. The SMILES string of the molecule is Cc1[nH]n(-c2ccccc2)c(=O)c1/C(=N\NC(=O)Cc1c(C)n(Cc2ccccc2)c2ccccc12)c1ccccc1. The van der Waals surface area contributed by atoms with Crippen LogP contribution in [0.3, 0.4) is 0 Å².